The number of nitrogens with one attached hydrogen (secondary N) is 1. The number of carboxylic acid groups (broad SMARTS) is 1. The van der Waals surface area contributed by atoms with Crippen LogP contribution in [0.5, 0.6) is 0 Å². The average Bonchev–Trinajstić information content (AvgIpc) is 2.39. The summed E-state index contributed by atoms with van der Waals surface area (Å²) < 4.78 is 1.34. The van der Waals surface area contributed by atoms with Crippen LogP contribution in [0.25, 0.3) is 11.0 Å². The number of rotatable bonds is 4. The Balaban J connectivity index is 2.75. The zero-order valence-corrected chi connectivity index (χ0v) is 10.5. The Bertz CT molecular complexity index is 742. The van der Waals surface area contributed by atoms with E-state index >= 15 is 0 Å². The molecular weight excluding hydrogens is 248 g/mol. The van der Waals surface area contributed by atoms with Crippen molar-refractivity contribution in [3.8, 4) is 0 Å². The third kappa shape index (κ3) is 2.42. The van der Waals surface area contributed by atoms with Crippen LogP contribution in [0.1, 0.15) is 30.1 Å². The maximum atomic E-state index is 11.8. The Kier molecular flexibility index (Phi) is 3.50. The first kappa shape index (κ1) is 13.1. The van der Waals surface area contributed by atoms with Crippen molar-refractivity contribution in [3.63, 3.8) is 0 Å². The van der Waals surface area contributed by atoms with Gasteiger partial charge in [0.05, 0.1) is 16.6 Å². The van der Waals surface area contributed by atoms with Crippen LogP contribution in [0.2, 0.25) is 0 Å². The molecule has 1 heterocycles. The molecule has 1 aromatic heterocycles. The Hall–Kier alpha value is -2.37. The number of hydrogen-bond acceptors (Lipinski definition) is 3. The van der Waals surface area contributed by atoms with Gasteiger partial charge in [-0.05, 0) is 24.6 Å². The molecule has 1 aromatic carbocycles. The number of fused-ring (bicyclic) bond motifs is 1. The SMILES string of the molecule is CCCCn1c(=O)c(=O)[nH]c2ccc(C(=O)O)cc21. The third-order valence-electron chi connectivity index (χ3n) is 2.96. The highest BCUT2D eigenvalue weighted by Gasteiger charge is 2.10. The molecule has 0 saturated heterocycles. The van der Waals surface area contributed by atoms with Crippen molar-refractivity contribution in [1.82, 2.24) is 9.55 Å². The molecular formula is C13H14N2O4. The fourth-order valence-corrected chi connectivity index (χ4v) is 1.94. The fourth-order valence-electron chi connectivity index (χ4n) is 1.94. The molecule has 0 atom stereocenters. The number of nitrogens with zero attached hydrogens (tertiary/aromatic N) is 1. The highest BCUT2D eigenvalue weighted by molar-refractivity contribution is 5.92. The van der Waals surface area contributed by atoms with E-state index in [2.05, 4.69) is 4.98 Å². The van der Waals surface area contributed by atoms with Gasteiger partial charge in [0.25, 0.3) is 0 Å². The Morgan fingerprint density at radius 1 is 1.37 bits per heavy atom. The number of benzene rings is 1. The Morgan fingerprint density at radius 2 is 2.11 bits per heavy atom. The lowest BCUT2D eigenvalue weighted by Gasteiger charge is -2.09. The molecule has 0 amide bonds. The number of H-pyrrole nitrogens is 1. The minimum absolute atomic E-state index is 0.0872. The number of aromatic amines is 1. The number of carbonyl (C=O) groups is 1. The largest absolute Gasteiger partial charge is 0.478 e. The molecule has 2 N–H and O–H groups in total. The number of aryl methyl sites for hydroxylation is 1. The van der Waals surface area contributed by atoms with Gasteiger partial charge < -0.3 is 14.7 Å². The molecule has 19 heavy (non-hydrogen) atoms. The first-order valence-corrected chi connectivity index (χ1v) is 6.04. The van der Waals surface area contributed by atoms with Crippen LogP contribution in [0.4, 0.5) is 0 Å². The van der Waals surface area contributed by atoms with Crippen molar-refractivity contribution in [1.29, 1.82) is 0 Å². The highest BCUT2D eigenvalue weighted by Crippen LogP contribution is 2.12. The van der Waals surface area contributed by atoms with Gasteiger partial charge in [0.2, 0.25) is 0 Å². The van der Waals surface area contributed by atoms with E-state index in [0.717, 1.165) is 12.8 Å². The van der Waals surface area contributed by atoms with Crippen molar-refractivity contribution in [2.45, 2.75) is 26.3 Å². The lowest BCUT2D eigenvalue weighted by molar-refractivity contribution is 0.0697. The van der Waals surface area contributed by atoms with Gasteiger partial charge in [-0.25, -0.2) is 4.79 Å². The van der Waals surface area contributed by atoms with Crippen LogP contribution < -0.4 is 11.1 Å². The summed E-state index contributed by atoms with van der Waals surface area (Å²) in [5, 5.41) is 8.98. The molecule has 100 valence electrons. The molecule has 0 fully saturated rings. The number of aromatic carboxylic acids is 1. The van der Waals surface area contributed by atoms with E-state index in [9.17, 15) is 14.4 Å². The van der Waals surface area contributed by atoms with Crippen LogP contribution in [-0.4, -0.2) is 20.6 Å². The molecule has 6 nitrogen and oxygen atoms in total. The minimum Gasteiger partial charge on any atom is -0.478 e. The predicted molar refractivity (Wildman–Crippen MR) is 70.7 cm³/mol. The van der Waals surface area contributed by atoms with Gasteiger partial charge in [-0.15, -0.1) is 0 Å². The molecule has 0 bridgehead atoms. The summed E-state index contributed by atoms with van der Waals surface area (Å²) in [6.07, 6.45) is 1.62. The molecule has 6 heteroatoms. The fraction of sp³-hybridized carbons (Fsp3) is 0.308. The standard InChI is InChI=1S/C13H14N2O4/c1-2-3-6-15-10-7-8(13(18)19)4-5-9(10)14-11(16)12(15)17/h4-5,7H,2-3,6H2,1H3,(H,14,16)(H,18,19). The van der Waals surface area contributed by atoms with Crippen LogP contribution in [0.15, 0.2) is 27.8 Å². The Labute approximate surface area is 108 Å². The quantitative estimate of drug-likeness (QED) is 0.809. The van der Waals surface area contributed by atoms with E-state index in [0.29, 0.717) is 17.6 Å². The van der Waals surface area contributed by atoms with E-state index in [-0.39, 0.29) is 5.56 Å². The van der Waals surface area contributed by atoms with Crippen molar-refractivity contribution < 1.29 is 9.90 Å². The van der Waals surface area contributed by atoms with Gasteiger partial charge in [0.1, 0.15) is 0 Å². The van der Waals surface area contributed by atoms with Crippen LogP contribution in [0, 0.1) is 0 Å². The van der Waals surface area contributed by atoms with Crippen molar-refractivity contribution in [3.05, 3.63) is 44.5 Å². The maximum absolute atomic E-state index is 11.8. The first-order chi connectivity index (χ1) is 9.04. The molecule has 0 radical (unpaired) electrons. The van der Waals surface area contributed by atoms with Crippen molar-refractivity contribution in [2.24, 2.45) is 0 Å². The molecule has 0 aliphatic carbocycles. The van der Waals surface area contributed by atoms with E-state index in [1.807, 2.05) is 6.92 Å². The predicted octanol–water partition coefficient (Wildman–Crippen LogP) is 1.19. The molecule has 0 unspecified atom stereocenters. The second kappa shape index (κ2) is 5.09. The number of unbranched alkanes of at least 4 members (excludes halogenated alkanes) is 1. The van der Waals surface area contributed by atoms with E-state index in [1.165, 1.54) is 22.8 Å². The number of aromatic nitrogens is 2. The monoisotopic (exact) mass is 262 g/mol. The second-order valence-corrected chi connectivity index (χ2v) is 4.30. The second-order valence-electron chi connectivity index (χ2n) is 4.30. The highest BCUT2D eigenvalue weighted by atomic mass is 16.4. The van der Waals surface area contributed by atoms with E-state index in [4.69, 9.17) is 5.11 Å². The van der Waals surface area contributed by atoms with Gasteiger partial charge in [-0.2, -0.15) is 0 Å². The van der Waals surface area contributed by atoms with Gasteiger partial charge in [-0.3, -0.25) is 9.59 Å². The Morgan fingerprint density at radius 3 is 2.74 bits per heavy atom. The van der Waals surface area contributed by atoms with E-state index < -0.39 is 17.1 Å². The van der Waals surface area contributed by atoms with Crippen molar-refractivity contribution in [2.75, 3.05) is 0 Å². The zero-order valence-electron chi connectivity index (χ0n) is 10.5. The van der Waals surface area contributed by atoms with Crippen LogP contribution >= 0.6 is 0 Å². The summed E-state index contributed by atoms with van der Waals surface area (Å²) in [5.74, 6) is -1.07. The summed E-state index contributed by atoms with van der Waals surface area (Å²) in [4.78, 5) is 36.8. The topological polar surface area (TPSA) is 92.2 Å². The van der Waals surface area contributed by atoms with Crippen LogP contribution in [0.3, 0.4) is 0 Å². The van der Waals surface area contributed by atoms with Crippen LogP contribution in [-0.2, 0) is 6.54 Å². The molecule has 2 aromatic rings. The molecule has 0 aliphatic heterocycles. The third-order valence-corrected chi connectivity index (χ3v) is 2.96. The summed E-state index contributed by atoms with van der Waals surface area (Å²) in [7, 11) is 0. The van der Waals surface area contributed by atoms with Gasteiger partial charge in [0.15, 0.2) is 0 Å². The summed E-state index contributed by atoms with van der Waals surface area (Å²) in [5.41, 5.74) is -0.344. The normalized spacial score (nSPS) is 10.8. The number of hydrogen-bond donors (Lipinski definition) is 2. The smallest absolute Gasteiger partial charge is 0.335 e. The summed E-state index contributed by atoms with van der Waals surface area (Å²) in [6, 6.07) is 4.31. The first-order valence-electron chi connectivity index (χ1n) is 6.04. The molecule has 0 saturated carbocycles. The van der Waals surface area contributed by atoms with E-state index in [1.54, 1.807) is 0 Å². The van der Waals surface area contributed by atoms with Gasteiger partial charge in [0, 0.05) is 6.54 Å². The van der Waals surface area contributed by atoms with Crippen molar-refractivity contribution >= 4 is 17.0 Å². The minimum atomic E-state index is -1.07. The molecule has 2 rings (SSSR count). The molecule has 0 aliphatic rings. The molecule has 0 spiro atoms. The van der Waals surface area contributed by atoms with Gasteiger partial charge in [-0.1, -0.05) is 13.3 Å². The average molecular weight is 262 g/mol. The lowest BCUT2D eigenvalue weighted by atomic mass is 10.2. The lowest BCUT2D eigenvalue weighted by Crippen LogP contribution is -2.36. The maximum Gasteiger partial charge on any atom is 0.335 e. The summed E-state index contributed by atoms with van der Waals surface area (Å²) >= 11 is 0. The summed E-state index contributed by atoms with van der Waals surface area (Å²) in [6.45, 7) is 2.38. The van der Waals surface area contributed by atoms with Gasteiger partial charge >= 0.3 is 17.1 Å². The number of carboxylic acids is 1. The zero-order chi connectivity index (χ0) is 14.0.